The number of urea groups is 1. The molecule has 0 radical (unpaired) electrons. The van der Waals surface area contributed by atoms with Crippen molar-refractivity contribution in [3.8, 4) is 0 Å². The number of carbonyl (C=O) groups is 2. The Hall–Kier alpha value is -3.67. The van der Waals surface area contributed by atoms with E-state index < -0.39 is 38.2 Å². The summed E-state index contributed by atoms with van der Waals surface area (Å²) in [6, 6.07) is 8.70. The van der Waals surface area contributed by atoms with Gasteiger partial charge in [-0.05, 0) is 61.0 Å². The fourth-order valence-corrected chi connectivity index (χ4v) is 4.36. The predicted octanol–water partition coefficient (Wildman–Crippen LogP) is 3.47. The number of nitrogens with zero attached hydrogens (tertiary/aromatic N) is 3. The molecule has 12 heteroatoms. The highest BCUT2D eigenvalue weighted by atomic mass is 32.2. The van der Waals surface area contributed by atoms with E-state index in [0.717, 1.165) is 17.0 Å². The molecular weight excluding hydrogens is 461 g/mol. The smallest absolute Gasteiger partial charge is 0.399 e. The van der Waals surface area contributed by atoms with Crippen molar-refractivity contribution in [2.75, 3.05) is 10.6 Å². The van der Waals surface area contributed by atoms with Gasteiger partial charge in [0.1, 0.15) is 6.04 Å². The van der Waals surface area contributed by atoms with E-state index in [9.17, 15) is 31.2 Å². The van der Waals surface area contributed by atoms with Crippen LogP contribution in [-0.4, -0.2) is 41.8 Å². The summed E-state index contributed by atoms with van der Waals surface area (Å²) >= 11 is 0. The molecule has 0 saturated carbocycles. The molecule has 1 atom stereocenters. The molecular formula is C21H17F3N4O4S. The van der Waals surface area contributed by atoms with Gasteiger partial charge in [-0.1, -0.05) is 0 Å². The van der Waals surface area contributed by atoms with Gasteiger partial charge in [0, 0.05) is 23.8 Å². The normalized spacial score (nSPS) is 17.3. The molecule has 0 bridgehead atoms. The number of fused-ring (bicyclic) bond motifs is 1. The fraction of sp³-hybridized carbons (Fsp3) is 0.190. The number of imide groups is 1. The Balaban J connectivity index is 1.64. The van der Waals surface area contributed by atoms with Crippen LogP contribution in [0.15, 0.2) is 59.6 Å². The van der Waals surface area contributed by atoms with Gasteiger partial charge >= 0.3 is 11.5 Å². The molecule has 0 spiro atoms. The average Bonchev–Trinajstić information content (AvgIpc) is 2.96. The van der Waals surface area contributed by atoms with Gasteiger partial charge in [-0.15, -0.1) is 0 Å². The molecule has 1 aromatic heterocycles. The van der Waals surface area contributed by atoms with Gasteiger partial charge in [-0.2, -0.15) is 13.2 Å². The summed E-state index contributed by atoms with van der Waals surface area (Å²) < 4.78 is 61.4. The zero-order valence-electron chi connectivity index (χ0n) is 17.1. The summed E-state index contributed by atoms with van der Waals surface area (Å²) in [5.74, 6) is -0.593. The van der Waals surface area contributed by atoms with E-state index in [2.05, 4.69) is 4.98 Å². The number of sulfone groups is 1. The predicted molar refractivity (Wildman–Crippen MR) is 114 cm³/mol. The number of hydrogen-bond acceptors (Lipinski definition) is 6. The molecule has 4 rings (SSSR count). The number of nitrogen functional groups attached to an aromatic ring is 1. The Morgan fingerprint density at radius 3 is 2.36 bits per heavy atom. The summed E-state index contributed by atoms with van der Waals surface area (Å²) in [7, 11) is -5.55. The van der Waals surface area contributed by atoms with E-state index in [1.165, 1.54) is 11.8 Å². The number of rotatable bonds is 4. The van der Waals surface area contributed by atoms with Crippen LogP contribution in [0, 0.1) is 0 Å². The average molecular weight is 478 g/mol. The van der Waals surface area contributed by atoms with E-state index in [1.807, 2.05) is 0 Å². The van der Waals surface area contributed by atoms with Gasteiger partial charge < -0.3 is 10.6 Å². The number of nitrogens with two attached hydrogens (primary N) is 1. The zero-order chi connectivity index (χ0) is 24.1. The van der Waals surface area contributed by atoms with Crippen LogP contribution in [0.25, 0.3) is 10.9 Å². The quantitative estimate of drug-likeness (QED) is 0.454. The van der Waals surface area contributed by atoms with E-state index >= 15 is 0 Å². The van der Waals surface area contributed by atoms with Crippen molar-refractivity contribution in [1.29, 1.82) is 0 Å². The molecule has 1 fully saturated rings. The van der Waals surface area contributed by atoms with Crippen LogP contribution in [0.2, 0.25) is 0 Å². The lowest BCUT2D eigenvalue weighted by Gasteiger charge is -2.20. The third kappa shape index (κ3) is 3.75. The van der Waals surface area contributed by atoms with Crippen molar-refractivity contribution in [3.63, 3.8) is 0 Å². The zero-order valence-corrected chi connectivity index (χ0v) is 17.9. The summed E-state index contributed by atoms with van der Waals surface area (Å²) in [6.45, 7) is 1.59. The second-order valence-electron chi connectivity index (χ2n) is 7.45. The van der Waals surface area contributed by atoms with E-state index in [4.69, 9.17) is 5.73 Å². The van der Waals surface area contributed by atoms with Crippen molar-refractivity contribution in [2.45, 2.75) is 29.9 Å². The SMILES string of the molecule is CC1C(=O)N(c2ccc(S(=O)(=O)C(F)(F)F)cc2)C(=O)N1Cc1ccnc2ccc(N)cc12. The van der Waals surface area contributed by atoms with Crippen LogP contribution in [0.1, 0.15) is 12.5 Å². The van der Waals surface area contributed by atoms with Crippen LogP contribution < -0.4 is 10.6 Å². The number of amides is 3. The maximum atomic E-state index is 13.1. The minimum absolute atomic E-state index is 0.0377. The van der Waals surface area contributed by atoms with Gasteiger partial charge in [0.25, 0.3) is 15.7 Å². The summed E-state index contributed by atoms with van der Waals surface area (Å²) in [4.78, 5) is 31.3. The third-order valence-electron chi connectivity index (χ3n) is 5.39. The molecule has 33 heavy (non-hydrogen) atoms. The second-order valence-corrected chi connectivity index (χ2v) is 9.39. The molecule has 2 aromatic carbocycles. The van der Waals surface area contributed by atoms with Crippen molar-refractivity contribution in [3.05, 3.63) is 60.3 Å². The second kappa shape index (κ2) is 7.73. The van der Waals surface area contributed by atoms with Gasteiger partial charge in [0.05, 0.1) is 16.1 Å². The summed E-state index contributed by atoms with van der Waals surface area (Å²) in [6.07, 6.45) is 1.57. The number of pyridine rings is 1. The molecule has 3 aromatic rings. The molecule has 1 aliphatic rings. The maximum absolute atomic E-state index is 13.1. The number of halogens is 3. The summed E-state index contributed by atoms with van der Waals surface area (Å²) in [5, 5.41) is 0.713. The van der Waals surface area contributed by atoms with Crippen molar-refractivity contribution < 1.29 is 31.2 Å². The van der Waals surface area contributed by atoms with E-state index in [0.29, 0.717) is 34.3 Å². The Morgan fingerprint density at radius 1 is 1.06 bits per heavy atom. The lowest BCUT2D eigenvalue weighted by atomic mass is 10.1. The lowest BCUT2D eigenvalue weighted by Crippen LogP contribution is -2.33. The van der Waals surface area contributed by atoms with Crippen LogP contribution in [-0.2, 0) is 21.2 Å². The van der Waals surface area contributed by atoms with E-state index in [-0.39, 0.29) is 12.2 Å². The molecule has 0 aliphatic carbocycles. The minimum Gasteiger partial charge on any atom is -0.399 e. The van der Waals surface area contributed by atoms with E-state index in [1.54, 1.807) is 30.5 Å². The molecule has 8 nitrogen and oxygen atoms in total. The molecule has 2 heterocycles. The Morgan fingerprint density at radius 2 is 1.73 bits per heavy atom. The van der Waals surface area contributed by atoms with Crippen molar-refractivity contribution >= 4 is 44.1 Å². The Bertz CT molecular complexity index is 1370. The van der Waals surface area contributed by atoms with Crippen LogP contribution in [0.5, 0.6) is 0 Å². The molecule has 172 valence electrons. The topological polar surface area (TPSA) is 114 Å². The standard InChI is InChI=1S/C21H17F3N4O4S/c1-12-19(29)28(15-3-5-16(6-4-15)33(31,32)21(22,23)24)20(30)27(12)11-13-8-9-26-18-7-2-14(25)10-17(13)18/h2-10,12H,11,25H2,1H3. The Kier molecular flexibility index (Phi) is 5.27. The minimum atomic E-state index is -5.55. The third-order valence-corrected chi connectivity index (χ3v) is 6.89. The molecule has 3 amide bonds. The number of anilines is 2. The van der Waals surface area contributed by atoms with Gasteiger partial charge in [0.15, 0.2) is 0 Å². The largest absolute Gasteiger partial charge is 0.501 e. The van der Waals surface area contributed by atoms with Crippen molar-refractivity contribution in [2.24, 2.45) is 0 Å². The van der Waals surface area contributed by atoms with Crippen LogP contribution >= 0.6 is 0 Å². The summed E-state index contributed by atoms with van der Waals surface area (Å²) in [5.41, 5.74) is 2.23. The fourth-order valence-electron chi connectivity index (χ4n) is 3.60. The van der Waals surface area contributed by atoms with Gasteiger partial charge in [-0.3, -0.25) is 9.78 Å². The molecule has 1 aliphatic heterocycles. The molecule has 1 unspecified atom stereocenters. The first-order valence-electron chi connectivity index (χ1n) is 9.61. The monoisotopic (exact) mass is 478 g/mol. The lowest BCUT2D eigenvalue weighted by molar-refractivity contribution is -0.119. The highest BCUT2D eigenvalue weighted by molar-refractivity contribution is 7.92. The molecule has 2 N–H and O–H groups in total. The first kappa shape index (κ1) is 22.5. The maximum Gasteiger partial charge on any atom is 0.501 e. The number of carbonyl (C=O) groups excluding carboxylic acids is 2. The van der Waals surface area contributed by atoms with Gasteiger partial charge in [-0.25, -0.2) is 18.1 Å². The van der Waals surface area contributed by atoms with Crippen LogP contribution in [0.3, 0.4) is 0 Å². The number of benzene rings is 2. The number of hydrogen-bond donors (Lipinski definition) is 1. The first-order valence-corrected chi connectivity index (χ1v) is 11.1. The first-order chi connectivity index (χ1) is 15.4. The Labute approximate surface area is 186 Å². The highest BCUT2D eigenvalue weighted by Gasteiger charge is 2.47. The number of alkyl halides is 3. The molecule has 1 saturated heterocycles. The van der Waals surface area contributed by atoms with Gasteiger partial charge in [0.2, 0.25) is 0 Å². The van der Waals surface area contributed by atoms with Crippen LogP contribution in [0.4, 0.5) is 29.3 Å². The number of aromatic nitrogens is 1. The highest BCUT2D eigenvalue weighted by Crippen LogP contribution is 2.33. The van der Waals surface area contributed by atoms with Crippen molar-refractivity contribution in [1.82, 2.24) is 9.88 Å².